The van der Waals surface area contributed by atoms with Gasteiger partial charge in [-0.1, -0.05) is 24.6 Å². The van der Waals surface area contributed by atoms with Gasteiger partial charge in [-0.2, -0.15) is 4.31 Å². The number of carbonyl (C=O) groups is 2. The molecule has 2 N–H and O–H groups in total. The van der Waals surface area contributed by atoms with Crippen LogP contribution in [0.2, 0.25) is 0 Å². The molecule has 0 bridgehead atoms. The maximum absolute atomic E-state index is 14.3. The number of carbonyl (C=O) groups excluding carboxylic acids is 2. The van der Waals surface area contributed by atoms with E-state index >= 15 is 0 Å². The van der Waals surface area contributed by atoms with Crippen molar-refractivity contribution < 1.29 is 32.6 Å². The molecule has 4 rings (SSSR count). The average Bonchev–Trinajstić information content (AvgIpc) is 3.06. The van der Waals surface area contributed by atoms with E-state index in [1.165, 1.54) is 23.7 Å². The van der Waals surface area contributed by atoms with E-state index in [1.807, 2.05) is 20.8 Å². The Morgan fingerprint density at radius 2 is 1.81 bits per heavy atom. The van der Waals surface area contributed by atoms with Crippen molar-refractivity contribution in [2.45, 2.75) is 70.1 Å². The van der Waals surface area contributed by atoms with Crippen LogP contribution in [0.5, 0.6) is 5.75 Å². The van der Waals surface area contributed by atoms with E-state index in [0.29, 0.717) is 30.0 Å². The van der Waals surface area contributed by atoms with Crippen LogP contribution in [0.25, 0.3) is 0 Å². The molecular formula is C35H46N4O7S. The van der Waals surface area contributed by atoms with E-state index in [-0.39, 0.29) is 48.1 Å². The number of benzene rings is 2. The number of aliphatic hydroxyl groups excluding tert-OH is 1. The number of aromatic nitrogens is 1. The Bertz CT molecular complexity index is 1600. The van der Waals surface area contributed by atoms with Crippen molar-refractivity contribution >= 4 is 27.5 Å². The molecule has 3 aromatic rings. The van der Waals surface area contributed by atoms with Crippen LogP contribution in [-0.2, 0) is 14.8 Å². The maximum Gasteiger partial charge on any atom is 0.258 e. The van der Waals surface area contributed by atoms with Gasteiger partial charge in [-0.15, -0.1) is 0 Å². The van der Waals surface area contributed by atoms with E-state index in [2.05, 4.69) is 10.3 Å². The van der Waals surface area contributed by atoms with Crippen molar-refractivity contribution in [2.75, 3.05) is 38.7 Å². The molecule has 0 fully saturated rings. The number of anilines is 1. The molecule has 0 unspecified atom stereocenters. The standard InChI is InChI=1S/C35H46N4O7S/c1-24-9-12-30(13-10-24)47(43,44)38(5)22-33-25(2)21-39(26(3)23-40)35(42)31-20-29(37-34(41)28-15-17-36-18-16-28)11-14-32(31)46-27(4)8-6-7-19-45-33/h9-18,20,25-27,33,40H,6-8,19,21-23H2,1-5H3,(H,37,41)/t25-,26+,27+,33+/m1/s1. The van der Waals surface area contributed by atoms with Crippen LogP contribution in [-0.4, -0.2) is 91.1 Å². The summed E-state index contributed by atoms with van der Waals surface area (Å²) in [6, 6.07) is 14.3. The molecule has 2 amide bonds. The van der Waals surface area contributed by atoms with Crippen LogP contribution in [0, 0.1) is 12.8 Å². The number of ether oxygens (including phenoxy) is 2. The highest BCUT2D eigenvalue weighted by molar-refractivity contribution is 7.89. The first-order valence-electron chi connectivity index (χ1n) is 16.0. The molecule has 2 heterocycles. The summed E-state index contributed by atoms with van der Waals surface area (Å²) in [6.07, 6.45) is 4.55. The molecule has 0 spiro atoms. The molecule has 47 heavy (non-hydrogen) atoms. The van der Waals surface area contributed by atoms with Gasteiger partial charge in [0.15, 0.2) is 0 Å². The molecule has 1 aromatic heterocycles. The molecule has 11 nitrogen and oxygen atoms in total. The van der Waals surface area contributed by atoms with E-state index in [0.717, 1.165) is 18.4 Å². The second-order valence-electron chi connectivity index (χ2n) is 12.3. The van der Waals surface area contributed by atoms with E-state index < -0.39 is 28.1 Å². The Kier molecular flexibility index (Phi) is 12.5. The van der Waals surface area contributed by atoms with Crippen molar-refractivity contribution in [2.24, 2.45) is 5.92 Å². The van der Waals surface area contributed by atoms with Crippen LogP contribution < -0.4 is 10.1 Å². The highest BCUT2D eigenvalue weighted by atomic mass is 32.2. The number of fused-ring (bicyclic) bond motifs is 1. The number of nitrogens with zero attached hydrogens (tertiary/aromatic N) is 3. The summed E-state index contributed by atoms with van der Waals surface area (Å²) in [4.78, 5) is 32.9. The van der Waals surface area contributed by atoms with E-state index in [4.69, 9.17) is 9.47 Å². The average molecular weight is 667 g/mol. The minimum absolute atomic E-state index is 0.0776. The van der Waals surface area contributed by atoms with Crippen molar-refractivity contribution in [3.63, 3.8) is 0 Å². The van der Waals surface area contributed by atoms with Crippen LogP contribution >= 0.6 is 0 Å². The minimum atomic E-state index is -3.79. The summed E-state index contributed by atoms with van der Waals surface area (Å²) < 4.78 is 40.8. The van der Waals surface area contributed by atoms with Gasteiger partial charge in [0, 0.05) is 56.3 Å². The van der Waals surface area contributed by atoms with Crippen molar-refractivity contribution in [3.05, 3.63) is 83.7 Å². The molecule has 0 aliphatic carbocycles. The lowest BCUT2D eigenvalue weighted by atomic mass is 10.0. The van der Waals surface area contributed by atoms with Gasteiger partial charge in [0.05, 0.1) is 35.3 Å². The van der Waals surface area contributed by atoms with Gasteiger partial charge in [0.2, 0.25) is 10.0 Å². The molecule has 254 valence electrons. The van der Waals surface area contributed by atoms with Gasteiger partial charge in [-0.25, -0.2) is 8.42 Å². The first-order valence-corrected chi connectivity index (χ1v) is 17.4. The van der Waals surface area contributed by atoms with E-state index in [1.54, 1.807) is 66.4 Å². The van der Waals surface area contributed by atoms with Crippen LogP contribution in [0.15, 0.2) is 71.9 Å². The number of aryl methyl sites for hydroxylation is 1. The van der Waals surface area contributed by atoms with Gasteiger partial charge in [-0.3, -0.25) is 14.6 Å². The largest absolute Gasteiger partial charge is 0.490 e. The highest BCUT2D eigenvalue weighted by Crippen LogP contribution is 2.29. The zero-order valence-electron chi connectivity index (χ0n) is 27.8. The zero-order valence-corrected chi connectivity index (χ0v) is 28.6. The van der Waals surface area contributed by atoms with E-state index in [9.17, 15) is 23.1 Å². The Morgan fingerprint density at radius 1 is 1.11 bits per heavy atom. The third kappa shape index (κ3) is 9.38. The smallest absolute Gasteiger partial charge is 0.258 e. The molecule has 1 aliphatic heterocycles. The number of rotatable bonds is 8. The van der Waals surface area contributed by atoms with Gasteiger partial charge < -0.3 is 24.8 Å². The summed E-state index contributed by atoms with van der Waals surface area (Å²) >= 11 is 0. The number of nitrogens with one attached hydrogen (secondary N) is 1. The summed E-state index contributed by atoms with van der Waals surface area (Å²) in [6.45, 7) is 7.87. The van der Waals surface area contributed by atoms with Crippen molar-refractivity contribution in [1.29, 1.82) is 0 Å². The predicted molar refractivity (Wildman–Crippen MR) is 180 cm³/mol. The lowest BCUT2D eigenvalue weighted by Crippen LogP contribution is -2.48. The number of aliphatic hydroxyl groups is 1. The quantitative estimate of drug-likeness (QED) is 0.351. The molecule has 0 saturated heterocycles. The lowest BCUT2D eigenvalue weighted by molar-refractivity contribution is -0.00834. The number of sulfonamides is 1. The number of likely N-dealkylation sites (N-methyl/N-ethyl adjacent to an activating group) is 1. The van der Waals surface area contributed by atoms with Gasteiger partial charge in [0.1, 0.15) is 5.75 Å². The third-order valence-corrected chi connectivity index (χ3v) is 10.3. The number of pyridine rings is 1. The molecule has 4 atom stereocenters. The fourth-order valence-corrected chi connectivity index (χ4v) is 6.59. The summed E-state index contributed by atoms with van der Waals surface area (Å²) in [5.74, 6) is -0.684. The highest BCUT2D eigenvalue weighted by Gasteiger charge is 2.32. The molecule has 12 heteroatoms. The summed E-state index contributed by atoms with van der Waals surface area (Å²) in [5, 5.41) is 13.1. The summed E-state index contributed by atoms with van der Waals surface area (Å²) in [5.41, 5.74) is 2.03. The molecule has 1 aliphatic rings. The monoisotopic (exact) mass is 666 g/mol. The fourth-order valence-electron chi connectivity index (χ4n) is 5.41. The van der Waals surface area contributed by atoms with Crippen LogP contribution in [0.1, 0.15) is 66.3 Å². The zero-order chi connectivity index (χ0) is 34.1. The number of hydrogen-bond donors (Lipinski definition) is 2. The molecular weight excluding hydrogens is 620 g/mol. The topological polar surface area (TPSA) is 138 Å². The Morgan fingerprint density at radius 3 is 2.49 bits per heavy atom. The maximum atomic E-state index is 14.3. The van der Waals surface area contributed by atoms with Crippen LogP contribution in [0.4, 0.5) is 5.69 Å². The summed E-state index contributed by atoms with van der Waals surface area (Å²) in [7, 11) is -2.25. The molecule has 0 radical (unpaired) electrons. The van der Waals surface area contributed by atoms with Crippen molar-refractivity contribution in [3.8, 4) is 5.75 Å². The van der Waals surface area contributed by atoms with Gasteiger partial charge in [-0.05, 0) is 82.5 Å². The Hall–Kier alpha value is -3.84. The normalized spacial score (nSPS) is 20.5. The molecule has 2 aromatic carbocycles. The second-order valence-corrected chi connectivity index (χ2v) is 14.3. The first kappa shape index (κ1) is 36.0. The second kappa shape index (κ2) is 16.3. The Balaban J connectivity index is 1.65. The van der Waals surface area contributed by atoms with Gasteiger partial charge in [0.25, 0.3) is 11.8 Å². The SMILES string of the molecule is Cc1ccc(S(=O)(=O)N(C)C[C@@H]2OCCCC[C@H](C)Oc3ccc(NC(=O)c4ccncc4)cc3C(=O)N([C@@H](C)CO)C[C@H]2C)cc1. The number of amides is 2. The minimum Gasteiger partial charge on any atom is -0.490 e. The first-order chi connectivity index (χ1) is 22.4. The molecule has 0 saturated carbocycles. The van der Waals surface area contributed by atoms with Crippen molar-refractivity contribution in [1.82, 2.24) is 14.2 Å². The Labute approximate surface area is 278 Å². The lowest BCUT2D eigenvalue weighted by Gasteiger charge is -2.35. The predicted octanol–water partition coefficient (Wildman–Crippen LogP) is 4.76. The van der Waals surface area contributed by atoms with Gasteiger partial charge >= 0.3 is 0 Å². The third-order valence-electron chi connectivity index (χ3n) is 8.42. The fraction of sp³-hybridized carbons (Fsp3) is 0.457. The van der Waals surface area contributed by atoms with Crippen LogP contribution in [0.3, 0.4) is 0 Å². The number of hydrogen-bond acceptors (Lipinski definition) is 8.